The van der Waals surface area contributed by atoms with Gasteiger partial charge in [-0.1, -0.05) is 0 Å². The highest BCUT2D eigenvalue weighted by Crippen LogP contribution is 2.56. The molecule has 0 unspecified atom stereocenters. The number of hydrogen-bond acceptors (Lipinski definition) is 5. The zero-order valence-electron chi connectivity index (χ0n) is 13.4. The lowest BCUT2D eigenvalue weighted by molar-refractivity contribution is -0.384. The molecule has 2 aliphatic carbocycles. The number of amides is 3. The third-order valence-corrected chi connectivity index (χ3v) is 5.68. The van der Waals surface area contributed by atoms with E-state index in [4.69, 9.17) is 0 Å². The van der Waals surface area contributed by atoms with E-state index in [0.717, 1.165) is 24.2 Å². The van der Waals surface area contributed by atoms with E-state index in [2.05, 4.69) is 5.32 Å². The summed E-state index contributed by atoms with van der Waals surface area (Å²) in [6.45, 7) is -0.304. The molecule has 2 bridgehead atoms. The molecule has 3 amide bonds. The van der Waals surface area contributed by atoms with Crippen molar-refractivity contribution in [3.05, 3.63) is 34.4 Å². The van der Waals surface area contributed by atoms with Crippen LogP contribution in [0.3, 0.4) is 0 Å². The monoisotopic (exact) mass is 343 g/mol. The van der Waals surface area contributed by atoms with Crippen molar-refractivity contribution in [1.29, 1.82) is 0 Å². The van der Waals surface area contributed by atoms with Crippen LogP contribution in [0, 0.1) is 33.8 Å². The van der Waals surface area contributed by atoms with Crippen LogP contribution in [0.5, 0.6) is 0 Å². The number of imide groups is 1. The Bertz CT molecular complexity index is 747. The van der Waals surface area contributed by atoms with Crippen molar-refractivity contribution >= 4 is 29.1 Å². The Kier molecular flexibility index (Phi) is 3.55. The molecule has 3 fully saturated rings. The van der Waals surface area contributed by atoms with Crippen LogP contribution in [0.25, 0.3) is 0 Å². The molecule has 1 aromatic rings. The number of nitro groups is 1. The van der Waals surface area contributed by atoms with Crippen LogP contribution in [0.1, 0.15) is 19.3 Å². The molecule has 0 aromatic heterocycles. The number of hydrogen-bond donors (Lipinski definition) is 1. The maximum atomic E-state index is 12.5. The summed E-state index contributed by atoms with van der Waals surface area (Å²) in [5, 5.41) is 13.2. The second kappa shape index (κ2) is 5.65. The minimum absolute atomic E-state index is 0.0776. The number of nitrogens with one attached hydrogen (secondary N) is 1. The highest BCUT2D eigenvalue weighted by molar-refractivity contribution is 6.09. The Labute approximate surface area is 143 Å². The number of likely N-dealkylation sites (tertiary alicyclic amines) is 1. The molecule has 0 radical (unpaired) electrons. The number of anilines is 1. The minimum atomic E-state index is -0.528. The summed E-state index contributed by atoms with van der Waals surface area (Å²) in [4.78, 5) is 48.5. The van der Waals surface area contributed by atoms with Gasteiger partial charge in [-0.3, -0.25) is 29.4 Å². The van der Waals surface area contributed by atoms with E-state index < -0.39 is 10.8 Å². The van der Waals surface area contributed by atoms with Gasteiger partial charge in [-0.15, -0.1) is 0 Å². The van der Waals surface area contributed by atoms with E-state index >= 15 is 0 Å². The molecule has 25 heavy (non-hydrogen) atoms. The SMILES string of the molecule is O=C(CN1C(=O)[C@H]2[C@@H]3CC[C@@H](C3)[C@@H]2C1=O)Nc1ccc([N+](=O)[O-])cc1. The van der Waals surface area contributed by atoms with Crippen LogP contribution in [-0.2, 0) is 14.4 Å². The summed E-state index contributed by atoms with van der Waals surface area (Å²) in [6, 6.07) is 5.39. The van der Waals surface area contributed by atoms with Gasteiger partial charge in [0.2, 0.25) is 17.7 Å². The third-order valence-electron chi connectivity index (χ3n) is 5.68. The van der Waals surface area contributed by atoms with Crippen LogP contribution in [0.15, 0.2) is 24.3 Å². The molecule has 3 aliphatic rings. The van der Waals surface area contributed by atoms with Crippen LogP contribution >= 0.6 is 0 Å². The standard InChI is InChI=1S/C17H17N3O5/c21-13(18-11-3-5-12(6-4-11)20(24)25)8-19-16(22)14-9-1-2-10(7-9)15(14)17(19)23/h3-6,9-10,14-15H,1-2,7-8H2,(H,18,21)/t9-,10+,14-,15-/m0/s1. The molecule has 1 aromatic carbocycles. The van der Waals surface area contributed by atoms with Gasteiger partial charge in [-0.05, 0) is 43.2 Å². The number of non-ortho nitro benzene ring substituents is 1. The quantitative estimate of drug-likeness (QED) is 0.507. The zero-order valence-corrected chi connectivity index (χ0v) is 13.4. The molecule has 130 valence electrons. The van der Waals surface area contributed by atoms with Crippen molar-refractivity contribution < 1.29 is 19.3 Å². The Morgan fingerprint density at radius 3 is 2.20 bits per heavy atom. The summed E-state index contributed by atoms with van der Waals surface area (Å²) < 4.78 is 0. The molecule has 8 nitrogen and oxygen atoms in total. The lowest BCUT2D eigenvalue weighted by atomic mass is 9.81. The summed E-state index contributed by atoms with van der Waals surface area (Å²) in [5.74, 6) is -0.829. The second-order valence-corrected chi connectivity index (χ2v) is 7.00. The van der Waals surface area contributed by atoms with Crippen LogP contribution < -0.4 is 5.32 Å². The zero-order chi connectivity index (χ0) is 17.7. The van der Waals surface area contributed by atoms with Crippen LogP contribution in [0.4, 0.5) is 11.4 Å². The van der Waals surface area contributed by atoms with Crippen molar-refractivity contribution in [2.24, 2.45) is 23.7 Å². The van der Waals surface area contributed by atoms with Crippen molar-refractivity contribution in [2.45, 2.75) is 19.3 Å². The summed E-state index contributed by atoms with van der Waals surface area (Å²) in [7, 11) is 0. The first-order chi connectivity index (χ1) is 12.0. The van der Waals surface area contributed by atoms with Crippen molar-refractivity contribution in [2.75, 3.05) is 11.9 Å². The minimum Gasteiger partial charge on any atom is -0.325 e. The van der Waals surface area contributed by atoms with E-state index in [1.807, 2.05) is 0 Å². The molecule has 1 aliphatic heterocycles. The van der Waals surface area contributed by atoms with Crippen molar-refractivity contribution in [3.8, 4) is 0 Å². The fourth-order valence-corrected chi connectivity index (χ4v) is 4.64. The fourth-order valence-electron chi connectivity index (χ4n) is 4.64. The van der Waals surface area contributed by atoms with Gasteiger partial charge in [0.25, 0.3) is 5.69 Å². The van der Waals surface area contributed by atoms with E-state index in [0.29, 0.717) is 5.69 Å². The number of benzene rings is 1. The van der Waals surface area contributed by atoms with E-state index in [-0.39, 0.29) is 47.7 Å². The maximum absolute atomic E-state index is 12.5. The Morgan fingerprint density at radius 1 is 1.12 bits per heavy atom. The van der Waals surface area contributed by atoms with E-state index in [1.165, 1.54) is 24.3 Å². The highest BCUT2D eigenvalue weighted by Gasteiger charge is 2.60. The number of nitro benzene ring substituents is 1. The molecular formula is C17H17N3O5. The van der Waals surface area contributed by atoms with E-state index in [9.17, 15) is 24.5 Å². The summed E-state index contributed by atoms with van der Waals surface area (Å²) >= 11 is 0. The number of nitrogens with zero attached hydrogens (tertiary/aromatic N) is 2. The molecular weight excluding hydrogens is 326 g/mol. The average Bonchev–Trinajstić information content (AvgIpc) is 3.25. The maximum Gasteiger partial charge on any atom is 0.269 e. The van der Waals surface area contributed by atoms with Gasteiger partial charge < -0.3 is 5.32 Å². The summed E-state index contributed by atoms with van der Waals surface area (Å²) in [6.07, 6.45) is 2.94. The normalized spacial score (nSPS) is 29.8. The second-order valence-electron chi connectivity index (χ2n) is 7.00. The number of rotatable bonds is 4. The average molecular weight is 343 g/mol. The topological polar surface area (TPSA) is 110 Å². The first-order valence-electron chi connectivity index (χ1n) is 8.35. The van der Waals surface area contributed by atoms with Gasteiger partial charge in [0.1, 0.15) is 6.54 Å². The molecule has 4 atom stereocenters. The molecule has 4 rings (SSSR count). The number of fused-ring (bicyclic) bond motifs is 5. The predicted molar refractivity (Wildman–Crippen MR) is 86.3 cm³/mol. The summed E-state index contributed by atoms with van der Waals surface area (Å²) in [5.41, 5.74) is 0.307. The molecule has 8 heteroatoms. The lowest BCUT2D eigenvalue weighted by Gasteiger charge is -2.19. The van der Waals surface area contributed by atoms with Crippen molar-refractivity contribution in [1.82, 2.24) is 4.90 Å². The molecule has 1 N–H and O–H groups in total. The highest BCUT2D eigenvalue weighted by atomic mass is 16.6. The Morgan fingerprint density at radius 2 is 1.68 bits per heavy atom. The van der Waals surface area contributed by atoms with Gasteiger partial charge in [-0.25, -0.2) is 0 Å². The largest absolute Gasteiger partial charge is 0.325 e. The third kappa shape index (κ3) is 2.48. The number of carbonyl (C=O) groups is 3. The van der Waals surface area contributed by atoms with Gasteiger partial charge in [0.05, 0.1) is 16.8 Å². The van der Waals surface area contributed by atoms with Crippen LogP contribution in [-0.4, -0.2) is 34.1 Å². The number of carbonyl (C=O) groups excluding carboxylic acids is 3. The smallest absolute Gasteiger partial charge is 0.269 e. The molecule has 1 saturated heterocycles. The predicted octanol–water partition coefficient (Wildman–Crippen LogP) is 1.56. The van der Waals surface area contributed by atoms with Gasteiger partial charge in [0.15, 0.2) is 0 Å². The van der Waals surface area contributed by atoms with Gasteiger partial charge in [-0.2, -0.15) is 0 Å². The van der Waals surface area contributed by atoms with E-state index in [1.54, 1.807) is 0 Å². The van der Waals surface area contributed by atoms with Gasteiger partial charge in [0, 0.05) is 17.8 Å². The lowest BCUT2D eigenvalue weighted by Crippen LogP contribution is -2.39. The molecule has 0 spiro atoms. The van der Waals surface area contributed by atoms with Crippen molar-refractivity contribution in [3.63, 3.8) is 0 Å². The molecule has 1 heterocycles. The molecule has 2 saturated carbocycles. The first kappa shape index (κ1) is 15.7. The van der Waals surface area contributed by atoms with Gasteiger partial charge >= 0.3 is 0 Å². The fraction of sp³-hybridized carbons (Fsp3) is 0.471. The van der Waals surface area contributed by atoms with Crippen LogP contribution in [0.2, 0.25) is 0 Å². The Hall–Kier alpha value is -2.77. The first-order valence-corrected chi connectivity index (χ1v) is 8.35. The Balaban J connectivity index is 1.42.